The number of halogens is 6. The number of amidine groups is 1. The highest BCUT2D eigenvalue weighted by Gasteiger charge is 2.37. The quantitative estimate of drug-likeness (QED) is 0.0879. The summed E-state index contributed by atoms with van der Waals surface area (Å²) in [4.78, 5) is 16.3. The van der Waals surface area contributed by atoms with Gasteiger partial charge in [0.05, 0.1) is 28.2 Å². The lowest BCUT2D eigenvalue weighted by Gasteiger charge is -2.19. The first kappa shape index (κ1) is 32.2. The van der Waals surface area contributed by atoms with Gasteiger partial charge in [0.2, 0.25) is 0 Å². The molecule has 0 bridgehead atoms. The van der Waals surface area contributed by atoms with Crippen LogP contribution in [-0.2, 0) is 17.1 Å². The van der Waals surface area contributed by atoms with Crippen molar-refractivity contribution in [2.24, 2.45) is 27.5 Å². The predicted octanol–water partition coefficient (Wildman–Crippen LogP) is 6.52. The van der Waals surface area contributed by atoms with E-state index in [1.54, 1.807) is 26.8 Å². The van der Waals surface area contributed by atoms with Crippen molar-refractivity contribution in [2.75, 3.05) is 0 Å². The van der Waals surface area contributed by atoms with Crippen molar-refractivity contribution in [2.45, 2.75) is 53.4 Å². The summed E-state index contributed by atoms with van der Waals surface area (Å²) in [7, 11) is 0. The van der Waals surface area contributed by atoms with Gasteiger partial charge in [-0.05, 0) is 49.9 Å². The molecule has 0 aliphatic heterocycles. The van der Waals surface area contributed by atoms with E-state index in [1.165, 1.54) is 13.1 Å². The highest BCUT2D eigenvalue weighted by Crippen LogP contribution is 2.37. The number of nitrogens with two attached hydrogens (primary N) is 2. The van der Waals surface area contributed by atoms with E-state index in [0.717, 1.165) is 23.0 Å². The number of aliphatic imine (C=N–C) groups is 1. The third-order valence-corrected chi connectivity index (χ3v) is 5.05. The fourth-order valence-electron chi connectivity index (χ4n) is 2.99. The number of alkyl halides is 6. The van der Waals surface area contributed by atoms with Gasteiger partial charge in [-0.15, -0.1) is 0 Å². The molecule has 0 radical (unpaired) electrons. The lowest BCUT2D eigenvalue weighted by molar-refractivity contribution is -0.143. The van der Waals surface area contributed by atoms with E-state index in [4.69, 9.17) is 11.5 Å². The van der Waals surface area contributed by atoms with Gasteiger partial charge in [-0.25, -0.2) is 10.0 Å². The second-order valence-electron chi connectivity index (χ2n) is 8.60. The average Bonchev–Trinajstić information content (AvgIpc) is 2.80. The van der Waals surface area contributed by atoms with Crippen LogP contribution in [0.3, 0.4) is 0 Å². The minimum Gasteiger partial charge on any atom is -0.387 e. The maximum atomic E-state index is 13.4. The maximum absolute atomic E-state index is 13.4. The molecule has 12 heteroatoms. The van der Waals surface area contributed by atoms with E-state index in [1.807, 2.05) is 6.92 Å². The summed E-state index contributed by atoms with van der Waals surface area (Å²) in [5, 5.41) is 5.21. The minimum absolute atomic E-state index is 0.0389. The third-order valence-electron chi connectivity index (χ3n) is 5.05. The zero-order chi connectivity index (χ0) is 29.4. The van der Waals surface area contributed by atoms with Crippen LogP contribution in [0.4, 0.5) is 26.3 Å². The molecule has 0 spiro atoms. The topological polar surface area (TPSA) is 97.1 Å². The number of allylic oxidation sites excluding steroid dienone is 2. The molecule has 1 aromatic carbocycles. The van der Waals surface area contributed by atoms with Gasteiger partial charge in [0, 0.05) is 24.2 Å². The predicted molar refractivity (Wildman–Crippen MR) is 137 cm³/mol. The summed E-state index contributed by atoms with van der Waals surface area (Å²) in [5.74, 6) is -1.33. The summed E-state index contributed by atoms with van der Waals surface area (Å²) >= 11 is 0. The number of carbonyl (C=O) groups is 1. The van der Waals surface area contributed by atoms with Crippen molar-refractivity contribution in [3.63, 3.8) is 0 Å². The Balaban J connectivity index is 3.90. The first-order valence-corrected chi connectivity index (χ1v) is 11.4. The van der Waals surface area contributed by atoms with Crippen LogP contribution in [0.15, 0.2) is 76.3 Å². The fourth-order valence-corrected chi connectivity index (χ4v) is 2.99. The molecule has 1 amide bonds. The van der Waals surface area contributed by atoms with Gasteiger partial charge in [-0.1, -0.05) is 39.0 Å². The number of amides is 1. The largest absolute Gasteiger partial charge is 0.416 e. The Labute approximate surface area is 217 Å². The molecule has 0 saturated carbocycles. The molecule has 0 fully saturated rings. The van der Waals surface area contributed by atoms with Crippen molar-refractivity contribution >= 4 is 17.5 Å². The van der Waals surface area contributed by atoms with Crippen LogP contribution in [-0.4, -0.2) is 22.5 Å². The van der Waals surface area contributed by atoms with Crippen molar-refractivity contribution in [1.29, 1.82) is 0 Å². The van der Waals surface area contributed by atoms with E-state index in [2.05, 4.69) is 16.7 Å². The van der Waals surface area contributed by atoms with Crippen molar-refractivity contribution in [3.05, 3.63) is 82.9 Å². The number of hydrazone groups is 1. The summed E-state index contributed by atoms with van der Waals surface area (Å²) in [5.41, 5.74) is 8.72. The number of benzene rings is 1. The Bertz CT molecular complexity index is 1150. The van der Waals surface area contributed by atoms with E-state index < -0.39 is 40.9 Å². The van der Waals surface area contributed by atoms with E-state index >= 15 is 0 Å². The smallest absolute Gasteiger partial charge is 0.387 e. The van der Waals surface area contributed by atoms with E-state index in [0.29, 0.717) is 18.6 Å². The number of nitrogens with zero attached hydrogens (tertiary/aromatic N) is 3. The molecule has 208 valence electrons. The molecular formula is C26H31F6N5O. The third kappa shape index (κ3) is 9.56. The lowest BCUT2D eigenvalue weighted by atomic mass is 9.95. The molecule has 0 atom stereocenters. The Kier molecular flexibility index (Phi) is 11.1. The number of hydrogen-bond donors (Lipinski definition) is 2. The summed E-state index contributed by atoms with van der Waals surface area (Å²) < 4.78 is 80.5. The molecule has 1 rings (SSSR count). The average molecular weight is 544 g/mol. The Hall–Kier alpha value is -3.83. The normalized spacial score (nSPS) is 14.7. The number of primary amides is 1. The van der Waals surface area contributed by atoms with Crippen LogP contribution >= 0.6 is 0 Å². The maximum Gasteiger partial charge on any atom is 0.416 e. The molecule has 0 saturated heterocycles. The number of hydrogen-bond acceptors (Lipinski definition) is 4. The van der Waals surface area contributed by atoms with Crippen molar-refractivity contribution in [1.82, 2.24) is 5.01 Å². The van der Waals surface area contributed by atoms with Crippen molar-refractivity contribution < 1.29 is 31.1 Å². The monoisotopic (exact) mass is 543 g/mol. The second kappa shape index (κ2) is 13.1. The second-order valence-corrected chi connectivity index (χ2v) is 8.60. The summed E-state index contributed by atoms with van der Waals surface area (Å²) in [6, 6.07) is 1.22. The van der Waals surface area contributed by atoms with Gasteiger partial charge in [-0.3, -0.25) is 4.79 Å². The van der Waals surface area contributed by atoms with E-state index in [-0.39, 0.29) is 28.8 Å². The highest BCUT2D eigenvalue weighted by molar-refractivity contribution is 6.02. The van der Waals surface area contributed by atoms with E-state index in [9.17, 15) is 31.1 Å². The SMILES string of the molecule is C=CN(/C=C(/C(N)=O)C(=C/N=C(\C)N)/C=C(\C)CC)/N=C(/c1cc(C(F)(F)F)cc(C(F)(F)F)c1)C(C)C. The Morgan fingerprint density at radius 3 is 1.95 bits per heavy atom. The molecule has 0 aliphatic carbocycles. The highest BCUT2D eigenvalue weighted by atomic mass is 19.4. The van der Waals surface area contributed by atoms with Crippen LogP contribution in [0.1, 0.15) is 57.7 Å². The first-order chi connectivity index (χ1) is 17.4. The van der Waals surface area contributed by atoms with Crippen LogP contribution in [0.5, 0.6) is 0 Å². The molecule has 6 nitrogen and oxygen atoms in total. The Morgan fingerprint density at radius 2 is 1.58 bits per heavy atom. The van der Waals surface area contributed by atoms with Crippen LogP contribution < -0.4 is 11.5 Å². The molecule has 38 heavy (non-hydrogen) atoms. The van der Waals surface area contributed by atoms with Crippen LogP contribution in [0.25, 0.3) is 0 Å². The van der Waals surface area contributed by atoms with Crippen molar-refractivity contribution in [3.8, 4) is 0 Å². The molecule has 4 N–H and O–H groups in total. The first-order valence-electron chi connectivity index (χ1n) is 11.4. The van der Waals surface area contributed by atoms with Crippen LogP contribution in [0, 0.1) is 5.92 Å². The summed E-state index contributed by atoms with van der Waals surface area (Å²) in [6.45, 7) is 11.9. The fraction of sp³-hybridized carbons (Fsp3) is 0.346. The van der Waals surface area contributed by atoms with Gasteiger partial charge < -0.3 is 11.5 Å². The van der Waals surface area contributed by atoms with Crippen LogP contribution in [0.2, 0.25) is 0 Å². The zero-order valence-corrected chi connectivity index (χ0v) is 21.7. The molecular weight excluding hydrogens is 512 g/mol. The number of carbonyl (C=O) groups excluding carboxylic acids is 1. The van der Waals surface area contributed by atoms with Gasteiger partial charge in [0.15, 0.2) is 0 Å². The van der Waals surface area contributed by atoms with Gasteiger partial charge in [-0.2, -0.15) is 31.4 Å². The zero-order valence-electron chi connectivity index (χ0n) is 21.7. The van der Waals surface area contributed by atoms with Gasteiger partial charge in [0.25, 0.3) is 5.91 Å². The minimum atomic E-state index is -5.03. The summed E-state index contributed by atoms with van der Waals surface area (Å²) in [6.07, 6.45) is -4.20. The molecule has 0 unspecified atom stereocenters. The molecule has 1 aromatic rings. The van der Waals surface area contributed by atoms with Gasteiger partial charge >= 0.3 is 12.4 Å². The standard InChI is InChI=1S/C26H31F6N5O/c1-7-16(5)9-19(13-35-17(6)33)22(24(34)38)14-37(8-2)36-23(15(3)4)18-10-20(25(27,28)29)12-21(11-18)26(30,31)32/h8-15H,2,7H2,1,3-6H3,(H2,33,35)(H2,34,38)/b16-9+,19-13+,22-14+,36-23+. The Morgan fingerprint density at radius 1 is 1.05 bits per heavy atom. The molecule has 0 heterocycles. The molecule has 0 aromatic heterocycles. The van der Waals surface area contributed by atoms with Gasteiger partial charge in [0.1, 0.15) is 0 Å². The lowest BCUT2D eigenvalue weighted by Crippen LogP contribution is -2.21. The number of rotatable bonds is 10. The molecule has 0 aliphatic rings.